The smallest absolute Gasteiger partial charge is 0.229 e. The summed E-state index contributed by atoms with van der Waals surface area (Å²) in [4.78, 5) is 17.0. The molecule has 3 rings (SSSR count). The van der Waals surface area contributed by atoms with Crippen LogP contribution in [0.2, 0.25) is 0 Å². The zero-order valence-electron chi connectivity index (χ0n) is 19.7. The summed E-state index contributed by atoms with van der Waals surface area (Å²) in [6, 6.07) is 4.57. The van der Waals surface area contributed by atoms with Crippen molar-refractivity contribution in [3.05, 3.63) is 35.7 Å². The second kappa shape index (κ2) is 8.14. The van der Waals surface area contributed by atoms with E-state index < -0.39 is 16.6 Å². The lowest BCUT2D eigenvalue weighted by molar-refractivity contribution is -0.140. The van der Waals surface area contributed by atoms with Crippen LogP contribution in [0.4, 0.5) is 14.5 Å². The van der Waals surface area contributed by atoms with Crippen molar-refractivity contribution in [3.8, 4) is 0 Å². The molecule has 2 aliphatic rings. The van der Waals surface area contributed by atoms with Crippen LogP contribution in [-0.4, -0.2) is 23.8 Å². The first-order chi connectivity index (χ1) is 14.3. The van der Waals surface area contributed by atoms with E-state index in [0.717, 1.165) is 24.0 Å². The van der Waals surface area contributed by atoms with Gasteiger partial charge in [-0.3, -0.25) is 9.79 Å². The van der Waals surface area contributed by atoms with Crippen LogP contribution in [0.1, 0.15) is 72.8 Å². The molecule has 31 heavy (non-hydrogen) atoms. The standard InChI is InChI=1S/C26H36F2N2O/c1-8-20(21-13-19(27)9-10-22(21)29-7)16-11-17-14-26(28,15-18(17)12-16)25(5,6)23(31)30-24(2,3)4/h8-10,13,16-18H,7,11-12,14-15H2,1-6H3,(H,30,31)/b20-8-/t16-,17-,18+,26?. The number of nitrogens with one attached hydrogen (secondary N) is 1. The summed E-state index contributed by atoms with van der Waals surface area (Å²) in [5, 5.41) is 2.96. The Balaban J connectivity index is 1.77. The number of amides is 1. The Morgan fingerprint density at radius 1 is 1.19 bits per heavy atom. The first-order valence-electron chi connectivity index (χ1n) is 11.3. The Bertz CT molecular complexity index is 883. The number of hydrogen-bond donors (Lipinski definition) is 1. The molecule has 1 amide bonds. The van der Waals surface area contributed by atoms with Crippen LogP contribution in [-0.2, 0) is 4.79 Å². The van der Waals surface area contributed by atoms with Crippen LogP contribution >= 0.6 is 0 Å². The van der Waals surface area contributed by atoms with Gasteiger partial charge < -0.3 is 5.32 Å². The normalized spacial score (nSPS) is 29.0. The average Bonchev–Trinajstić information content (AvgIpc) is 3.17. The Kier molecular flexibility index (Phi) is 6.20. The number of carbonyl (C=O) groups excluding carboxylic acids is 1. The zero-order chi connectivity index (χ0) is 23.2. The molecule has 0 aromatic heterocycles. The Morgan fingerprint density at radius 2 is 1.77 bits per heavy atom. The molecule has 5 heteroatoms. The third-order valence-electron chi connectivity index (χ3n) is 7.38. The average molecular weight is 431 g/mol. The SMILES string of the molecule is C=Nc1ccc(F)cc1/C(=C\C)[C@@H]1C[C@@H]2CC(F)(C(C)(C)C(=O)NC(C)(C)C)C[C@@H]2C1. The van der Waals surface area contributed by atoms with Crippen molar-refractivity contribution in [1.29, 1.82) is 0 Å². The highest BCUT2D eigenvalue weighted by molar-refractivity contribution is 5.84. The summed E-state index contributed by atoms with van der Waals surface area (Å²) < 4.78 is 30.1. The molecule has 0 bridgehead atoms. The van der Waals surface area contributed by atoms with E-state index in [0.29, 0.717) is 18.5 Å². The Labute approximate surface area is 185 Å². The topological polar surface area (TPSA) is 41.5 Å². The third-order valence-corrected chi connectivity index (χ3v) is 7.38. The summed E-state index contributed by atoms with van der Waals surface area (Å²) in [6.45, 7) is 14.8. The lowest BCUT2D eigenvalue weighted by atomic mass is 9.72. The van der Waals surface area contributed by atoms with Gasteiger partial charge in [0.25, 0.3) is 0 Å². The summed E-state index contributed by atoms with van der Waals surface area (Å²) in [7, 11) is 0. The molecule has 2 aliphatic carbocycles. The molecule has 2 saturated carbocycles. The van der Waals surface area contributed by atoms with Gasteiger partial charge >= 0.3 is 0 Å². The first-order valence-corrected chi connectivity index (χ1v) is 11.3. The van der Waals surface area contributed by atoms with Crippen LogP contribution in [0.25, 0.3) is 5.57 Å². The molecule has 4 atom stereocenters. The fraction of sp³-hybridized carbons (Fsp3) is 0.615. The lowest BCUT2D eigenvalue weighted by Gasteiger charge is -2.39. The van der Waals surface area contributed by atoms with Gasteiger partial charge in [0.05, 0.1) is 11.1 Å². The minimum Gasteiger partial charge on any atom is -0.351 e. The van der Waals surface area contributed by atoms with Gasteiger partial charge in [0, 0.05) is 11.1 Å². The predicted octanol–water partition coefficient (Wildman–Crippen LogP) is 6.65. The quantitative estimate of drug-likeness (QED) is 0.522. The van der Waals surface area contributed by atoms with Crippen LogP contribution in [0, 0.1) is 29.0 Å². The van der Waals surface area contributed by atoms with Crippen LogP contribution in [0.15, 0.2) is 29.3 Å². The lowest BCUT2D eigenvalue weighted by Crippen LogP contribution is -2.54. The van der Waals surface area contributed by atoms with E-state index in [2.05, 4.69) is 17.0 Å². The van der Waals surface area contributed by atoms with Crippen molar-refractivity contribution < 1.29 is 13.6 Å². The molecule has 0 saturated heterocycles. The molecule has 0 radical (unpaired) electrons. The number of nitrogens with zero attached hydrogens (tertiary/aromatic N) is 1. The fourth-order valence-electron chi connectivity index (χ4n) is 5.58. The molecule has 3 nitrogen and oxygen atoms in total. The Morgan fingerprint density at radius 3 is 2.26 bits per heavy atom. The van der Waals surface area contributed by atoms with Crippen LogP contribution in [0.5, 0.6) is 0 Å². The maximum atomic E-state index is 16.2. The molecule has 1 N–H and O–H groups in total. The van der Waals surface area contributed by atoms with Gasteiger partial charge in [-0.2, -0.15) is 0 Å². The van der Waals surface area contributed by atoms with E-state index in [1.165, 1.54) is 12.1 Å². The molecule has 0 heterocycles. The number of alkyl halides is 1. The van der Waals surface area contributed by atoms with Gasteiger partial charge in [-0.25, -0.2) is 8.78 Å². The van der Waals surface area contributed by atoms with Gasteiger partial charge in [0.1, 0.15) is 11.5 Å². The summed E-state index contributed by atoms with van der Waals surface area (Å²) in [5.41, 5.74) is -0.500. The first kappa shape index (κ1) is 23.6. The number of rotatable bonds is 5. The number of fused-ring (bicyclic) bond motifs is 1. The fourth-order valence-corrected chi connectivity index (χ4v) is 5.58. The second-order valence-electron chi connectivity index (χ2n) is 11.0. The Hall–Kier alpha value is -2.04. The summed E-state index contributed by atoms with van der Waals surface area (Å²) in [5.74, 6) is 0.156. The minimum atomic E-state index is -1.52. The molecular weight excluding hydrogens is 394 g/mol. The number of carbonyl (C=O) groups is 1. The minimum absolute atomic E-state index is 0.223. The summed E-state index contributed by atoms with van der Waals surface area (Å²) in [6.07, 6.45) is 4.51. The predicted molar refractivity (Wildman–Crippen MR) is 124 cm³/mol. The molecule has 0 spiro atoms. The van der Waals surface area contributed by atoms with Gasteiger partial charge in [-0.1, -0.05) is 6.08 Å². The monoisotopic (exact) mass is 430 g/mol. The molecule has 1 unspecified atom stereocenters. The third kappa shape index (κ3) is 4.47. The van der Waals surface area contributed by atoms with E-state index in [-0.39, 0.29) is 29.5 Å². The van der Waals surface area contributed by atoms with Crippen molar-refractivity contribution in [2.45, 2.75) is 78.4 Å². The van der Waals surface area contributed by atoms with E-state index in [9.17, 15) is 9.18 Å². The molecule has 1 aromatic rings. The number of benzene rings is 1. The number of halogens is 2. The highest BCUT2D eigenvalue weighted by Crippen LogP contribution is 2.60. The number of allylic oxidation sites excluding steroid dienone is 2. The van der Waals surface area contributed by atoms with Gasteiger partial charge in [-0.15, -0.1) is 0 Å². The maximum Gasteiger partial charge on any atom is 0.229 e. The van der Waals surface area contributed by atoms with Crippen LogP contribution < -0.4 is 5.32 Å². The molecule has 2 fully saturated rings. The number of hydrogen-bond acceptors (Lipinski definition) is 2. The second-order valence-corrected chi connectivity index (χ2v) is 11.0. The largest absolute Gasteiger partial charge is 0.351 e. The van der Waals surface area contributed by atoms with Gasteiger partial charge in [0.15, 0.2) is 0 Å². The van der Waals surface area contributed by atoms with Crippen molar-refractivity contribution >= 4 is 23.9 Å². The van der Waals surface area contributed by atoms with E-state index in [4.69, 9.17) is 0 Å². The molecular formula is C26H36F2N2O. The summed E-state index contributed by atoms with van der Waals surface area (Å²) >= 11 is 0. The molecule has 170 valence electrons. The number of aliphatic imine (C=N–C) groups is 1. The maximum absolute atomic E-state index is 16.2. The zero-order valence-corrected chi connectivity index (χ0v) is 19.7. The van der Waals surface area contributed by atoms with Gasteiger partial charge in [-0.05, 0) is 115 Å². The highest BCUT2D eigenvalue weighted by atomic mass is 19.1. The van der Waals surface area contributed by atoms with E-state index in [1.807, 2.05) is 33.8 Å². The van der Waals surface area contributed by atoms with Crippen molar-refractivity contribution in [2.24, 2.45) is 28.2 Å². The van der Waals surface area contributed by atoms with Crippen molar-refractivity contribution in [3.63, 3.8) is 0 Å². The molecule has 1 aromatic carbocycles. The van der Waals surface area contributed by atoms with Crippen molar-refractivity contribution in [1.82, 2.24) is 5.32 Å². The van der Waals surface area contributed by atoms with Crippen LogP contribution in [0.3, 0.4) is 0 Å². The van der Waals surface area contributed by atoms with Gasteiger partial charge in [0.2, 0.25) is 5.91 Å². The van der Waals surface area contributed by atoms with Crippen molar-refractivity contribution in [2.75, 3.05) is 0 Å². The van der Waals surface area contributed by atoms with E-state index >= 15 is 4.39 Å². The van der Waals surface area contributed by atoms with E-state index in [1.54, 1.807) is 19.9 Å². The highest BCUT2D eigenvalue weighted by Gasteiger charge is 2.59. The molecule has 0 aliphatic heterocycles.